The third kappa shape index (κ3) is 0.906. The normalized spacial score (nSPS) is 13.9. The molecule has 4 nitrogen and oxygen atoms in total. The van der Waals surface area contributed by atoms with E-state index in [9.17, 15) is 0 Å². The summed E-state index contributed by atoms with van der Waals surface area (Å²) in [5.41, 5.74) is 1.09. The molecule has 0 amide bonds. The van der Waals surface area contributed by atoms with Crippen molar-refractivity contribution in [2.24, 2.45) is 0 Å². The molecule has 58 valence electrons. The van der Waals surface area contributed by atoms with Crippen LogP contribution in [-0.4, -0.2) is 23.6 Å². The number of rotatable bonds is 1. The Bertz CT molecular complexity index is 274. The molecular weight excluding hydrogens is 142 g/mol. The van der Waals surface area contributed by atoms with E-state index in [2.05, 4.69) is 15.3 Å². The van der Waals surface area contributed by atoms with Crippen molar-refractivity contribution in [2.45, 2.75) is 6.42 Å². The molecule has 2 heterocycles. The molecule has 0 fully saturated rings. The van der Waals surface area contributed by atoms with Crippen molar-refractivity contribution in [1.29, 1.82) is 0 Å². The van der Waals surface area contributed by atoms with E-state index in [1.807, 2.05) is 7.05 Å². The third-order valence-electron chi connectivity index (χ3n) is 1.73. The van der Waals surface area contributed by atoms with Gasteiger partial charge in [-0.3, -0.25) is 0 Å². The van der Waals surface area contributed by atoms with Gasteiger partial charge in [0, 0.05) is 13.5 Å². The summed E-state index contributed by atoms with van der Waals surface area (Å²) in [7, 11) is 1.85. The van der Waals surface area contributed by atoms with Crippen LogP contribution < -0.4 is 10.1 Å². The van der Waals surface area contributed by atoms with Gasteiger partial charge in [0.2, 0.25) is 5.88 Å². The molecule has 1 aromatic heterocycles. The van der Waals surface area contributed by atoms with Gasteiger partial charge in [0.15, 0.2) is 0 Å². The lowest BCUT2D eigenvalue weighted by molar-refractivity contribution is 0.344. The molecule has 0 saturated carbocycles. The van der Waals surface area contributed by atoms with Gasteiger partial charge in [-0.05, 0) is 0 Å². The van der Waals surface area contributed by atoms with Crippen LogP contribution in [-0.2, 0) is 6.42 Å². The fraction of sp³-hybridized carbons (Fsp3) is 0.429. The Morgan fingerprint density at radius 1 is 1.55 bits per heavy atom. The molecular formula is C7H9N3O. The molecule has 0 atom stereocenters. The first kappa shape index (κ1) is 6.39. The number of fused-ring (bicyclic) bond motifs is 1. The maximum atomic E-state index is 5.25. The number of nitrogens with one attached hydrogen (secondary N) is 1. The van der Waals surface area contributed by atoms with Gasteiger partial charge < -0.3 is 10.1 Å². The van der Waals surface area contributed by atoms with Crippen molar-refractivity contribution in [1.82, 2.24) is 9.97 Å². The number of hydrogen-bond donors (Lipinski definition) is 1. The van der Waals surface area contributed by atoms with Gasteiger partial charge in [-0.2, -0.15) is 0 Å². The summed E-state index contributed by atoms with van der Waals surface area (Å²) in [6.45, 7) is 0.725. The topological polar surface area (TPSA) is 47.0 Å². The zero-order chi connectivity index (χ0) is 7.68. The highest BCUT2D eigenvalue weighted by molar-refractivity contribution is 5.49. The van der Waals surface area contributed by atoms with Gasteiger partial charge in [-0.25, -0.2) is 9.97 Å². The second kappa shape index (κ2) is 2.38. The Morgan fingerprint density at radius 2 is 2.45 bits per heavy atom. The third-order valence-corrected chi connectivity index (χ3v) is 1.73. The smallest absolute Gasteiger partial charge is 0.221 e. The van der Waals surface area contributed by atoms with Gasteiger partial charge in [0.25, 0.3) is 0 Å². The van der Waals surface area contributed by atoms with Gasteiger partial charge in [-0.15, -0.1) is 0 Å². The lowest BCUT2D eigenvalue weighted by atomic mass is 10.2. The summed E-state index contributed by atoms with van der Waals surface area (Å²) in [5.74, 6) is 1.61. The summed E-state index contributed by atoms with van der Waals surface area (Å²) in [6, 6.07) is 0. The highest BCUT2D eigenvalue weighted by atomic mass is 16.5. The van der Waals surface area contributed by atoms with Gasteiger partial charge in [0.05, 0.1) is 12.2 Å². The first-order chi connectivity index (χ1) is 5.42. The maximum absolute atomic E-state index is 5.25. The minimum atomic E-state index is 0.725. The monoisotopic (exact) mass is 151 g/mol. The first-order valence-electron chi connectivity index (χ1n) is 3.56. The van der Waals surface area contributed by atoms with Crippen molar-refractivity contribution in [3.8, 4) is 5.88 Å². The Balaban J connectivity index is 2.50. The van der Waals surface area contributed by atoms with Crippen molar-refractivity contribution in [2.75, 3.05) is 19.0 Å². The van der Waals surface area contributed by atoms with E-state index in [1.165, 1.54) is 6.33 Å². The van der Waals surface area contributed by atoms with E-state index < -0.39 is 0 Å². The maximum Gasteiger partial charge on any atom is 0.221 e. The van der Waals surface area contributed by atoms with Crippen LogP contribution in [0, 0.1) is 0 Å². The first-order valence-corrected chi connectivity index (χ1v) is 3.56. The molecule has 1 aromatic rings. The van der Waals surface area contributed by atoms with Crippen LogP contribution in [0.2, 0.25) is 0 Å². The quantitative estimate of drug-likeness (QED) is 0.633. The Morgan fingerprint density at radius 3 is 3.27 bits per heavy atom. The van der Waals surface area contributed by atoms with E-state index in [0.29, 0.717) is 0 Å². The standard InChI is InChI=1S/C7H9N3O/c1-8-6-5-2-3-11-7(5)10-4-9-6/h4H,2-3H2,1H3,(H,8,9,10). The molecule has 0 aliphatic carbocycles. The Kier molecular flexibility index (Phi) is 1.38. The van der Waals surface area contributed by atoms with Crippen molar-refractivity contribution in [3.05, 3.63) is 11.9 Å². The molecule has 11 heavy (non-hydrogen) atoms. The number of hydrogen-bond acceptors (Lipinski definition) is 4. The Labute approximate surface area is 64.6 Å². The van der Waals surface area contributed by atoms with Gasteiger partial charge in [0.1, 0.15) is 12.1 Å². The molecule has 1 aliphatic rings. The number of anilines is 1. The lowest BCUT2D eigenvalue weighted by Crippen LogP contribution is -1.96. The van der Waals surface area contributed by atoms with Gasteiger partial charge >= 0.3 is 0 Å². The molecule has 0 unspecified atom stereocenters. The molecule has 2 rings (SSSR count). The lowest BCUT2D eigenvalue weighted by Gasteiger charge is -2.01. The minimum absolute atomic E-state index is 0.725. The van der Waals surface area contributed by atoms with Crippen molar-refractivity contribution < 1.29 is 4.74 Å². The SMILES string of the molecule is CNc1ncnc2c1CCO2. The van der Waals surface area contributed by atoms with E-state index >= 15 is 0 Å². The average Bonchev–Trinajstić information content (AvgIpc) is 2.50. The fourth-order valence-electron chi connectivity index (χ4n) is 1.21. The van der Waals surface area contributed by atoms with Crippen molar-refractivity contribution in [3.63, 3.8) is 0 Å². The number of ether oxygens (including phenoxy) is 1. The summed E-state index contributed by atoms with van der Waals surface area (Å²) in [4.78, 5) is 8.06. The van der Waals surface area contributed by atoms with Crippen molar-refractivity contribution >= 4 is 5.82 Å². The highest BCUT2D eigenvalue weighted by Crippen LogP contribution is 2.26. The van der Waals surface area contributed by atoms with Crippen LogP contribution in [0.25, 0.3) is 0 Å². The minimum Gasteiger partial charge on any atom is -0.477 e. The van der Waals surface area contributed by atoms with Crippen LogP contribution >= 0.6 is 0 Å². The van der Waals surface area contributed by atoms with Gasteiger partial charge in [-0.1, -0.05) is 0 Å². The zero-order valence-electron chi connectivity index (χ0n) is 6.29. The summed E-state index contributed by atoms with van der Waals surface area (Å²) in [5, 5.41) is 3.00. The fourth-order valence-corrected chi connectivity index (χ4v) is 1.21. The second-order valence-electron chi connectivity index (χ2n) is 2.35. The summed E-state index contributed by atoms with van der Waals surface area (Å²) >= 11 is 0. The predicted octanol–water partition coefficient (Wildman–Crippen LogP) is 0.453. The van der Waals surface area contributed by atoms with Crippen LogP contribution in [0.4, 0.5) is 5.82 Å². The van der Waals surface area contributed by atoms with E-state index in [-0.39, 0.29) is 0 Å². The molecule has 4 heteroatoms. The molecule has 0 aromatic carbocycles. The second-order valence-corrected chi connectivity index (χ2v) is 2.35. The van der Waals surface area contributed by atoms with Crippen LogP contribution in [0.5, 0.6) is 5.88 Å². The van der Waals surface area contributed by atoms with E-state index in [4.69, 9.17) is 4.74 Å². The molecule has 1 N–H and O–H groups in total. The highest BCUT2D eigenvalue weighted by Gasteiger charge is 2.17. The number of nitrogens with zero attached hydrogens (tertiary/aromatic N) is 2. The number of aromatic nitrogens is 2. The summed E-state index contributed by atoms with van der Waals surface area (Å²) in [6.07, 6.45) is 2.42. The molecule has 0 bridgehead atoms. The molecule has 1 aliphatic heterocycles. The van der Waals surface area contributed by atoms with E-state index in [1.54, 1.807) is 0 Å². The largest absolute Gasteiger partial charge is 0.477 e. The van der Waals surface area contributed by atoms with Crippen LogP contribution in [0.1, 0.15) is 5.56 Å². The molecule has 0 radical (unpaired) electrons. The average molecular weight is 151 g/mol. The summed E-state index contributed by atoms with van der Waals surface area (Å²) < 4.78 is 5.25. The predicted molar refractivity (Wildman–Crippen MR) is 40.8 cm³/mol. The van der Waals surface area contributed by atoms with Crippen LogP contribution in [0.15, 0.2) is 6.33 Å². The molecule has 0 spiro atoms. The van der Waals surface area contributed by atoms with Crippen LogP contribution in [0.3, 0.4) is 0 Å². The Hall–Kier alpha value is -1.32. The molecule has 0 saturated heterocycles. The zero-order valence-corrected chi connectivity index (χ0v) is 6.29. The van der Waals surface area contributed by atoms with E-state index in [0.717, 1.165) is 30.3 Å².